The van der Waals surface area contributed by atoms with Crippen LogP contribution in [-0.2, 0) is 6.42 Å². The number of aromatic nitrogens is 2. The SMILES string of the molecule is CCc1c(N)ncnc1Nc1cc(F)c(F)c(F)c1. The molecule has 19 heavy (non-hydrogen) atoms. The fourth-order valence-electron chi connectivity index (χ4n) is 1.65. The third-order valence-electron chi connectivity index (χ3n) is 2.58. The molecule has 2 rings (SSSR count). The second-order valence-electron chi connectivity index (χ2n) is 3.82. The van der Waals surface area contributed by atoms with Gasteiger partial charge in [0.1, 0.15) is 18.0 Å². The molecule has 2 aromatic rings. The molecule has 1 aromatic carbocycles. The van der Waals surface area contributed by atoms with E-state index in [9.17, 15) is 13.2 Å². The van der Waals surface area contributed by atoms with Gasteiger partial charge in [-0.05, 0) is 6.42 Å². The second-order valence-corrected chi connectivity index (χ2v) is 3.82. The number of nitrogens with zero attached hydrogens (tertiary/aromatic N) is 2. The van der Waals surface area contributed by atoms with E-state index in [-0.39, 0.29) is 11.5 Å². The van der Waals surface area contributed by atoms with Crippen LogP contribution in [0.2, 0.25) is 0 Å². The molecule has 100 valence electrons. The molecule has 7 heteroatoms. The number of nitrogens with two attached hydrogens (primary N) is 1. The molecule has 0 amide bonds. The van der Waals surface area contributed by atoms with Gasteiger partial charge >= 0.3 is 0 Å². The number of hydrogen-bond donors (Lipinski definition) is 2. The first-order valence-electron chi connectivity index (χ1n) is 5.53. The van der Waals surface area contributed by atoms with E-state index in [1.165, 1.54) is 6.33 Å². The topological polar surface area (TPSA) is 63.8 Å². The molecular formula is C12H11F3N4. The highest BCUT2D eigenvalue weighted by atomic mass is 19.2. The predicted molar refractivity (Wildman–Crippen MR) is 65.4 cm³/mol. The molecule has 0 aliphatic carbocycles. The molecule has 0 fully saturated rings. The van der Waals surface area contributed by atoms with E-state index >= 15 is 0 Å². The van der Waals surface area contributed by atoms with Gasteiger partial charge < -0.3 is 11.1 Å². The van der Waals surface area contributed by atoms with E-state index in [4.69, 9.17) is 5.73 Å². The van der Waals surface area contributed by atoms with E-state index in [0.717, 1.165) is 12.1 Å². The maximum absolute atomic E-state index is 13.1. The number of nitrogens with one attached hydrogen (secondary N) is 1. The Bertz CT molecular complexity index is 593. The van der Waals surface area contributed by atoms with Crippen molar-refractivity contribution >= 4 is 17.3 Å². The van der Waals surface area contributed by atoms with Gasteiger partial charge in [0.05, 0.1) is 0 Å². The van der Waals surface area contributed by atoms with Crippen LogP contribution >= 0.6 is 0 Å². The molecule has 0 aliphatic heterocycles. The smallest absolute Gasteiger partial charge is 0.194 e. The molecule has 1 heterocycles. The van der Waals surface area contributed by atoms with Crippen LogP contribution in [0.3, 0.4) is 0 Å². The van der Waals surface area contributed by atoms with Gasteiger partial charge in [-0.3, -0.25) is 0 Å². The van der Waals surface area contributed by atoms with Crippen molar-refractivity contribution in [2.24, 2.45) is 0 Å². The summed E-state index contributed by atoms with van der Waals surface area (Å²) >= 11 is 0. The summed E-state index contributed by atoms with van der Waals surface area (Å²) in [5.41, 5.74) is 6.33. The van der Waals surface area contributed by atoms with Crippen molar-refractivity contribution in [2.45, 2.75) is 13.3 Å². The lowest BCUT2D eigenvalue weighted by Gasteiger charge is -2.11. The minimum absolute atomic E-state index is 0.0456. The summed E-state index contributed by atoms with van der Waals surface area (Å²) in [6.45, 7) is 1.84. The molecule has 0 saturated carbocycles. The number of anilines is 3. The number of rotatable bonds is 3. The summed E-state index contributed by atoms with van der Waals surface area (Å²) in [7, 11) is 0. The normalized spacial score (nSPS) is 10.5. The van der Waals surface area contributed by atoms with Gasteiger partial charge in [0.15, 0.2) is 17.5 Å². The molecule has 0 aliphatic rings. The molecule has 0 saturated heterocycles. The van der Waals surface area contributed by atoms with Crippen molar-refractivity contribution in [1.29, 1.82) is 0 Å². The standard InChI is InChI=1S/C12H11F3N4/c1-2-7-11(16)17-5-18-12(7)19-6-3-8(13)10(15)9(14)4-6/h3-5H,2H2,1H3,(H3,16,17,18,19). The van der Waals surface area contributed by atoms with Gasteiger partial charge in [-0.2, -0.15) is 0 Å². The highest BCUT2D eigenvalue weighted by Gasteiger charge is 2.13. The zero-order valence-electron chi connectivity index (χ0n) is 10.0. The molecule has 0 unspecified atom stereocenters. The fraction of sp³-hybridized carbons (Fsp3) is 0.167. The van der Waals surface area contributed by atoms with Gasteiger partial charge in [0, 0.05) is 23.4 Å². The Morgan fingerprint density at radius 3 is 2.37 bits per heavy atom. The van der Waals surface area contributed by atoms with Gasteiger partial charge in [0.2, 0.25) is 0 Å². The zero-order valence-corrected chi connectivity index (χ0v) is 10.0. The molecule has 0 spiro atoms. The number of nitrogen functional groups attached to an aromatic ring is 1. The highest BCUT2D eigenvalue weighted by molar-refractivity contribution is 5.63. The van der Waals surface area contributed by atoms with Crippen LogP contribution in [0.5, 0.6) is 0 Å². The summed E-state index contributed by atoms with van der Waals surface area (Å²) < 4.78 is 39.0. The van der Waals surface area contributed by atoms with Crippen LogP contribution < -0.4 is 11.1 Å². The Labute approximate surface area is 107 Å². The van der Waals surface area contributed by atoms with Crippen molar-refractivity contribution < 1.29 is 13.2 Å². The third-order valence-corrected chi connectivity index (χ3v) is 2.58. The first kappa shape index (κ1) is 13.1. The summed E-state index contributed by atoms with van der Waals surface area (Å²) in [6, 6.07) is 1.69. The minimum Gasteiger partial charge on any atom is -0.383 e. The molecule has 0 radical (unpaired) electrons. The van der Waals surface area contributed by atoms with Gasteiger partial charge in [-0.1, -0.05) is 6.92 Å². The first-order chi connectivity index (χ1) is 9.02. The van der Waals surface area contributed by atoms with E-state index < -0.39 is 17.5 Å². The van der Waals surface area contributed by atoms with Crippen LogP contribution in [0.15, 0.2) is 18.5 Å². The summed E-state index contributed by atoms with van der Waals surface area (Å²) in [6.07, 6.45) is 1.77. The average Bonchev–Trinajstić information content (AvgIpc) is 2.36. The van der Waals surface area contributed by atoms with E-state index in [2.05, 4.69) is 15.3 Å². The van der Waals surface area contributed by atoms with E-state index in [0.29, 0.717) is 17.8 Å². The average molecular weight is 268 g/mol. The van der Waals surface area contributed by atoms with Gasteiger partial charge in [0.25, 0.3) is 0 Å². The van der Waals surface area contributed by atoms with Gasteiger partial charge in [-0.25, -0.2) is 23.1 Å². The van der Waals surface area contributed by atoms with Crippen LogP contribution in [0, 0.1) is 17.5 Å². The maximum Gasteiger partial charge on any atom is 0.194 e. The van der Waals surface area contributed by atoms with E-state index in [1.54, 1.807) is 0 Å². The largest absolute Gasteiger partial charge is 0.383 e. The molecule has 4 nitrogen and oxygen atoms in total. The second kappa shape index (κ2) is 5.13. The predicted octanol–water partition coefficient (Wildman–Crippen LogP) is 2.78. The molecule has 0 bridgehead atoms. The number of hydrogen-bond acceptors (Lipinski definition) is 4. The summed E-state index contributed by atoms with van der Waals surface area (Å²) in [4.78, 5) is 7.77. The van der Waals surface area contributed by atoms with Crippen LogP contribution in [0.4, 0.5) is 30.5 Å². The Hall–Kier alpha value is -2.31. The van der Waals surface area contributed by atoms with Crippen molar-refractivity contribution in [2.75, 3.05) is 11.1 Å². The van der Waals surface area contributed by atoms with Crippen molar-refractivity contribution in [3.8, 4) is 0 Å². The van der Waals surface area contributed by atoms with Crippen molar-refractivity contribution in [1.82, 2.24) is 9.97 Å². The van der Waals surface area contributed by atoms with Crippen LogP contribution in [0.25, 0.3) is 0 Å². The Morgan fingerprint density at radius 1 is 1.16 bits per heavy atom. The molecule has 1 aromatic heterocycles. The van der Waals surface area contributed by atoms with Gasteiger partial charge in [-0.15, -0.1) is 0 Å². The van der Waals surface area contributed by atoms with Crippen LogP contribution in [-0.4, -0.2) is 9.97 Å². The van der Waals surface area contributed by atoms with Crippen molar-refractivity contribution in [3.05, 3.63) is 41.5 Å². The number of halogens is 3. The Kier molecular flexibility index (Phi) is 3.55. The lowest BCUT2D eigenvalue weighted by Crippen LogP contribution is -2.05. The lowest BCUT2D eigenvalue weighted by molar-refractivity contribution is 0.448. The summed E-state index contributed by atoms with van der Waals surface area (Å²) in [5.74, 6) is -3.45. The lowest BCUT2D eigenvalue weighted by atomic mass is 10.2. The summed E-state index contributed by atoms with van der Waals surface area (Å²) in [5, 5.41) is 2.70. The monoisotopic (exact) mass is 268 g/mol. The fourth-order valence-corrected chi connectivity index (χ4v) is 1.65. The molecule has 3 N–H and O–H groups in total. The molecular weight excluding hydrogens is 257 g/mol. The first-order valence-corrected chi connectivity index (χ1v) is 5.53. The Balaban J connectivity index is 2.39. The molecule has 0 atom stereocenters. The maximum atomic E-state index is 13.1. The minimum atomic E-state index is -1.51. The Morgan fingerprint density at radius 2 is 1.79 bits per heavy atom. The third kappa shape index (κ3) is 2.59. The van der Waals surface area contributed by atoms with E-state index in [1.807, 2.05) is 6.92 Å². The quantitative estimate of drug-likeness (QED) is 0.840. The number of benzene rings is 1. The van der Waals surface area contributed by atoms with Crippen molar-refractivity contribution in [3.63, 3.8) is 0 Å². The van der Waals surface area contributed by atoms with Crippen LogP contribution in [0.1, 0.15) is 12.5 Å². The zero-order chi connectivity index (χ0) is 14.0. The highest BCUT2D eigenvalue weighted by Crippen LogP contribution is 2.24.